The Balaban J connectivity index is 2.74. The predicted octanol–water partition coefficient (Wildman–Crippen LogP) is 3.23. The van der Waals surface area contributed by atoms with Gasteiger partial charge in [-0.3, -0.25) is 4.40 Å². The third-order valence-corrected chi connectivity index (χ3v) is 2.63. The minimum absolute atomic E-state index is 0.124. The van der Waals surface area contributed by atoms with Crippen LogP contribution in [-0.2, 0) is 5.41 Å². The number of hydrogen-bond acceptors (Lipinski definition) is 2. The number of nitrogens with zero attached hydrogens (tertiary/aromatic N) is 4. The molecule has 0 fully saturated rings. The van der Waals surface area contributed by atoms with Gasteiger partial charge in [0.1, 0.15) is 10.8 Å². The summed E-state index contributed by atoms with van der Waals surface area (Å²) >= 11 is 6.22. The van der Waals surface area contributed by atoms with E-state index >= 15 is 0 Å². The second kappa shape index (κ2) is 3.46. The molecule has 0 spiro atoms. The molecule has 0 amide bonds. The molecule has 0 aromatic carbocycles. The Morgan fingerprint density at radius 2 is 2.12 bits per heavy atom. The topological polar surface area (TPSA) is 34.5 Å². The van der Waals surface area contributed by atoms with E-state index in [1.54, 1.807) is 10.5 Å². The molecule has 0 aliphatic carbocycles. The molecule has 0 atom stereocenters. The van der Waals surface area contributed by atoms with E-state index in [9.17, 15) is 0 Å². The quantitative estimate of drug-likeness (QED) is 0.656. The lowest BCUT2D eigenvalue weighted by atomic mass is 9.93. The van der Waals surface area contributed by atoms with Crippen molar-refractivity contribution in [3.8, 4) is 0 Å². The first-order valence-corrected chi connectivity index (χ1v) is 5.23. The van der Waals surface area contributed by atoms with Crippen LogP contribution < -0.4 is 0 Å². The lowest BCUT2D eigenvalue weighted by Crippen LogP contribution is -2.12. The van der Waals surface area contributed by atoms with Gasteiger partial charge in [0.05, 0.1) is 5.69 Å². The third-order valence-electron chi connectivity index (χ3n) is 2.27. The molecule has 0 bridgehead atoms. The van der Waals surface area contributed by atoms with E-state index in [0.29, 0.717) is 16.6 Å². The van der Waals surface area contributed by atoms with Crippen molar-refractivity contribution < 1.29 is 0 Å². The Kier molecular flexibility index (Phi) is 2.36. The molecule has 2 heterocycles. The van der Waals surface area contributed by atoms with E-state index in [0.717, 1.165) is 5.69 Å². The summed E-state index contributed by atoms with van der Waals surface area (Å²) in [6.07, 6.45) is 1.54. The normalized spacial score (nSPS) is 11.7. The average molecular weight is 235 g/mol. The largest absolute Gasteiger partial charge is 0.360 e. The van der Waals surface area contributed by atoms with Crippen LogP contribution in [0.4, 0.5) is 5.82 Å². The fourth-order valence-corrected chi connectivity index (χ4v) is 1.90. The van der Waals surface area contributed by atoms with Gasteiger partial charge in [0, 0.05) is 11.5 Å². The van der Waals surface area contributed by atoms with Crippen LogP contribution in [0.2, 0.25) is 5.15 Å². The molecule has 4 nitrogen and oxygen atoms in total. The Hall–Kier alpha value is -1.60. The first-order valence-electron chi connectivity index (χ1n) is 4.85. The number of rotatable bonds is 0. The summed E-state index contributed by atoms with van der Waals surface area (Å²) in [4.78, 5) is 11.7. The first-order chi connectivity index (χ1) is 7.43. The van der Waals surface area contributed by atoms with Crippen LogP contribution in [0.1, 0.15) is 26.5 Å². The highest BCUT2D eigenvalue weighted by Crippen LogP contribution is 2.30. The van der Waals surface area contributed by atoms with Crippen LogP contribution in [0.25, 0.3) is 10.5 Å². The zero-order valence-electron chi connectivity index (χ0n) is 9.32. The molecule has 0 saturated carbocycles. The van der Waals surface area contributed by atoms with Gasteiger partial charge in [0.2, 0.25) is 0 Å². The Morgan fingerprint density at radius 3 is 2.69 bits per heavy atom. The van der Waals surface area contributed by atoms with Gasteiger partial charge in [-0.15, -0.1) is 4.98 Å². The summed E-state index contributed by atoms with van der Waals surface area (Å²) in [7, 11) is 0. The van der Waals surface area contributed by atoms with Crippen molar-refractivity contribution in [1.82, 2.24) is 14.4 Å². The van der Waals surface area contributed by atoms with Gasteiger partial charge in [-0.2, -0.15) is 0 Å². The minimum atomic E-state index is -0.124. The van der Waals surface area contributed by atoms with Gasteiger partial charge in [-0.05, 0) is 0 Å². The lowest BCUT2D eigenvalue weighted by molar-refractivity contribution is 0.573. The Bertz CT molecular complexity index is 586. The lowest BCUT2D eigenvalue weighted by Gasteiger charge is -2.14. The van der Waals surface area contributed by atoms with Crippen molar-refractivity contribution in [2.24, 2.45) is 0 Å². The number of imidazole rings is 1. The van der Waals surface area contributed by atoms with Crippen molar-refractivity contribution in [2.45, 2.75) is 26.2 Å². The maximum absolute atomic E-state index is 6.89. The maximum atomic E-state index is 6.89. The van der Waals surface area contributed by atoms with E-state index in [4.69, 9.17) is 18.2 Å². The van der Waals surface area contributed by atoms with E-state index in [-0.39, 0.29) is 5.41 Å². The van der Waals surface area contributed by atoms with Crippen LogP contribution in [0.3, 0.4) is 0 Å². The number of aromatic nitrogens is 3. The molecule has 0 aliphatic rings. The highest BCUT2D eigenvalue weighted by molar-refractivity contribution is 6.30. The van der Waals surface area contributed by atoms with Gasteiger partial charge in [-0.25, -0.2) is 4.98 Å². The van der Waals surface area contributed by atoms with Crippen molar-refractivity contribution in [3.05, 3.63) is 34.7 Å². The van der Waals surface area contributed by atoms with Crippen LogP contribution >= 0.6 is 11.6 Å². The van der Waals surface area contributed by atoms with Crippen molar-refractivity contribution >= 4 is 23.1 Å². The summed E-state index contributed by atoms with van der Waals surface area (Å²) in [6.45, 7) is 13.0. The van der Waals surface area contributed by atoms with Gasteiger partial charge in [0.15, 0.2) is 6.33 Å². The van der Waals surface area contributed by atoms with E-state index in [1.165, 1.54) is 6.33 Å². The van der Waals surface area contributed by atoms with Gasteiger partial charge >= 0.3 is 0 Å². The predicted molar refractivity (Wildman–Crippen MR) is 63.0 cm³/mol. The van der Waals surface area contributed by atoms with Gasteiger partial charge in [0.25, 0.3) is 5.82 Å². The summed E-state index contributed by atoms with van der Waals surface area (Å²) < 4.78 is 1.69. The molecule has 0 saturated heterocycles. The minimum Gasteiger partial charge on any atom is -0.360 e. The number of halogens is 1. The monoisotopic (exact) mass is 234 g/mol. The second-order valence-corrected chi connectivity index (χ2v) is 4.95. The summed E-state index contributed by atoms with van der Waals surface area (Å²) in [5, 5.41) is 0.562. The van der Waals surface area contributed by atoms with Gasteiger partial charge in [-0.1, -0.05) is 38.9 Å². The SMILES string of the molecule is [C-]#[N+]c1cc2nc(C(C)(C)C)c(Cl)n2cn1. The van der Waals surface area contributed by atoms with E-state index < -0.39 is 0 Å². The number of fused-ring (bicyclic) bond motifs is 1. The van der Waals surface area contributed by atoms with E-state index in [2.05, 4.69) is 14.8 Å². The Morgan fingerprint density at radius 1 is 1.44 bits per heavy atom. The molecule has 5 heteroatoms. The number of hydrogen-bond donors (Lipinski definition) is 0. The third kappa shape index (κ3) is 1.63. The summed E-state index contributed by atoms with van der Waals surface area (Å²) in [5.74, 6) is 0.328. The summed E-state index contributed by atoms with van der Waals surface area (Å²) in [6, 6.07) is 1.63. The van der Waals surface area contributed by atoms with Crippen LogP contribution in [0, 0.1) is 6.57 Å². The van der Waals surface area contributed by atoms with Crippen LogP contribution in [0.5, 0.6) is 0 Å². The molecule has 82 valence electrons. The molecule has 0 N–H and O–H groups in total. The molecule has 2 aromatic heterocycles. The Labute approximate surface area is 98.7 Å². The maximum Gasteiger partial charge on any atom is 0.274 e. The molecular weight excluding hydrogens is 224 g/mol. The van der Waals surface area contributed by atoms with Crippen molar-refractivity contribution in [2.75, 3.05) is 0 Å². The first kappa shape index (κ1) is 10.9. The van der Waals surface area contributed by atoms with Crippen LogP contribution in [0.15, 0.2) is 12.4 Å². The van der Waals surface area contributed by atoms with Gasteiger partial charge < -0.3 is 4.85 Å². The second-order valence-electron chi connectivity index (χ2n) is 4.59. The standard InChI is InChI=1S/C11H11ClN4/c1-11(2,3)9-10(12)16-6-14-7(13-4)5-8(16)15-9/h5-6H,1-3H3. The molecular formula is C11H11ClN4. The smallest absolute Gasteiger partial charge is 0.274 e. The van der Waals surface area contributed by atoms with Crippen LogP contribution in [-0.4, -0.2) is 14.4 Å². The highest BCUT2D eigenvalue weighted by atomic mass is 35.5. The molecule has 2 aromatic rings. The fraction of sp³-hybridized carbons (Fsp3) is 0.364. The van der Waals surface area contributed by atoms with Crippen molar-refractivity contribution in [1.29, 1.82) is 0 Å². The zero-order chi connectivity index (χ0) is 11.9. The summed E-state index contributed by atoms with van der Waals surface area (Å²) in [5.41, 5.74) is 1.36. The van der Waals surface area contributed by atoms with Crippen molar-refractivity contribution in [3.63, 3.8) is 0 Å². The average Bonchev–Trinajstić information content (AvgIpc) is 2.55. The molecule has 16 heavy (non-hydrogen) atoms. The molecule has 0 aliphatic heterocycles. The molecule has 0 radical (unpaired) electrons. The fourth-order valence-electron chi connectivity index (χ4n) is 1.45. The zero-order valence-corrected chi connectivity index (χ0v) is 10.1. The van der Waals surface area contributed by atoms with E-state index in [1.807, 2.05) is 20.8 Å². The highest BCUT2D eigenvalue weighted by Gasteiger charge is 2.23. The molecule has 0 unspecified atom stereocenters. The molecule has 2 rings (SSSR count).